The third-order valence-corrected chi connectivity index (χ3v) is 6.98. The highest BCUT2D eigenvalue weighted by molar-refractivity contribution is 5.96. The topological polar surface area (TPSA) is 63.9 Å². The molecule has 5 rings (SSSR count). The Bertz CT molecular complexity index is 1290. The second kappa shape index (κ2) is 9.85. The average Bonchev–Trinajstić information content (AvgIpc) is 3.29. The van der Waals surface area contributed by atoms with E-state index in [0.29, 0.717) is 18.0 Å². The highest BCUT2D eigenvalue weighted by atomic mass is 16.1. The molecule has 0 aliphatic carbocycles. The van der Waals surface area contributed by atoms with Gasteiger partial charge in [-0.05, 0) is 81.4 Å². The maximum Gasteiger partial charge on any atom is 0.183 e. The summed E-state index contributed by atoms with van der Waals surface area (Å²) in [7, 11) is 0. The Morgan fingerprint density at radius 2 is 1.82 bits per heavy atom. The van der Waals surface area contributed by atoms with Gasteiger partial charge in [-0.3, -0.25) is 9.69 Å². The summed E-state index contributed by atoms with van der Waals surface area (Å²) in [4.78, 5) is 20.0. The lowest BCUT2D eigenvalue weighted by Gasteiger charge is -2.32. The molecule has 6 heteroatoms. The van der Waals surface area contributed by atoms with Gasteiger partial charge in [-0.1, -0.05) is 47.2 Å². The van der Waals surface area contributed by atoms with E-state index >= 15 is 0 Å². The number of Topliss-reactive ketones (excluding diaryl/α,β-unsaturated/α-hetero) is 1. The van der Waals surface area contributed by atoms with Crippen molar-refractivity contribution in [3.63, 3.8) is 0 Å². The molecule has 1 aliphatic heterocycles. The van der Waals surface area contributed by atoms with Gasteiger partial charge in [0.25, 0.3) is 0 Å². The van der Waals surface area contributed by atoms with Crippen LogP contribution in [0.1, 0.15) is 52.7 Å². The quantitative estimate of drug-likeness (QED) is 0.355. The van der Waals surface area contributed by atoms with Crippen molar-refractivity contribution in [1.82, 2.24) is 24.9 Å². The number of hydrogen-bond donors (Lipinski definition) is 0. The average molecular weight is 454 g/mol. The van der Waals surface area contributed by atoms with Crippen LogP contribution >= 0.6 is 0 Å². The minimum atomic E-state index is 0.195. The summed E-state index contributed by atoms with van der Waals surface area (Å²) in [5, 5.41) is 8.48. The van der Waals surface area contributed by atoms with Crippen LogP contribution in [0.3, 0.4) is 0 Å². The van der Waals surface area contributed by atoms with Gasteiger partial charge in [0.2, 0.25) is 0 Å². The summed E-state index contributed by atoms with van der Waals surface area (Å²) >= 11 is 0. The predicted octanol–water partition coefficient (Wildman–Crippen LogP) is 5.31. The number of carbonyl (C=O) groups excluding carboxylic acids is 1. The second-order valence-electron chi connectivity index (χ2n) is 9.52. The van der Waals surface area contributed by atoms with Crippen molar-refractivity contribution in [2.24, 2.45) is 5.92 Å². The minimum Gasteiger partial charge on any atom is -0.299 e. The molecular weight excluding hydrogens is 422 g/mol. The molecule has 0 N–H and O–H groups in total. The van der Waals surface area contributed by atoms with Crippen molar-refractivity contribution in [2.45, 2.75) is 46.1 Å². The second-order valence-corrected chi connectivity index (χ2v) is 9.52. The summed E-state index contributed by atoms with van der Waals surface area (Å²) in [6.07, 6.45) is 5.60. The van der Waals surface area contributed by atoms with Gasteiger partial charge in [0.1, 0.15) is 5.52 Å². The van der Waals surface area contributed by atoms with Crippen LogP contribution in [0, 0.1) is 19.8 Å². The molecule has 0 radical (unpaired) electrons. The van der Waals surface area contributed by atoms with Gasteiger partial charge in [-0.2, -0.15) is 4.68 Å². The highest BCUT2D eigenvalue weighted by Gasteiger charge is 2.21. The number of aromatic nitrogens is 4. The van der Waals surface area contributed by atoms with E-state index in [1.54, 1.807) is 10.9 Å². The zero-order valence-electron chi connectivity index (χ0n) is 19.9. The van der Waals surface area contributed by atoms with Gasteiger partial charge in [-0.15, -0.1) is 5.10 Å². The number of benzene rings is 2. The fourth-order valence-electron chi connectivity index (χ4n) is 4.80. The van der Waals surface area contributed by atoms with Crippen molar-refractivity contribution in [3.8, 4) is 5.69 Å². The molecule has 1 fully saturated rings. The van der Waals surface area contributed by atoms with Crippen molar-refractivity contribution < 1.29 is 4.79 Å². The first kappa shape index (κ1) is 22.4. The number of piperidine rings is 1. The smallest absolute Gasteiger partial charge is 0.183 e. The Labute approximate surface area is 200 Å². The SMILES string of the molecule is Cc1ccc(CN2CCC(CCC(=O)c3ccc(C)c(-n4nnc5cccnc54)c3)CC2)cc1. The first-order valence-electron chi connectivity index (χ1n) is 12.2. The summed E-state index contributed by atoms with van der Waals surface area (Å²) in [6, 6.07) is 18.4. The number of fused-ring (bicyclic) bond motifs is 1. The molecule has 1 aliphatic rings. The monoisotopic (exact) mass is 453 g/mol. The summed E-state index contributed by atoms with van der Waals surface area (Å²) in [6.45, 7) is 7.37. The van der Waals surface area contributed by atoms with Gasteiger partial charge in [0.15, 0.2) is 11.4 Å². The van der Waals surface area contributed by atoms with Crippen molar-refractivity contribution in [2.75, 3.05) is 13.1 Å². The maximum atomic E-state index is 13.0. The van der Waals surface area contributed by atoms with Crippen LogP contribution < -0.4 is 0 Å². The molecule has 6 nitrogen and oxygen atoms in total. The zero-order valence-corrected chi connectivity index (χ0v) is 19.9. The fourth-order valence-corrected chi connectivity index (χ4v) is 4.80. The van der Waals surface area contributed by atoms with E-state index in [9.17, 15) is 4.79 Å². The molecule has 0 saturated carbocycles. The molecule has 0 unspecified atom stereocenters. The molecule has 0 spiro atoms. The number of rotatable bonds is 7. The molecule has 4 aromatic rings. The van der Waals surface area contributed by atoms with Crippen LogP contribution in [0.15, 0.2) is 60.8 Å². The number of pyridine rings is 1. The van der Waals surface area contributed by atoms with Crippen LogP contribution in [-0.2, 0) is 6.54 Å². The largest absolute Gasteiger partial charge is 0.299 e. The molecule has 2 aromatic heterocycles. The molecular formula is C28H31N5O. The lowest BCUT2D eigenvalue weighted by atomic mass is 9.90. The van der Waals surface area contributed by atoms with E-state index < -0.39 is 0 Å². The zero-order chi connectivity index (χ0) is 23.5. The Morgan fingerprint density at radius 1 is 1.03 bits per heavy atom. The Morgan fingerprint density at radius 3 is 2.62 bits per heavy atom. The highest BCUT2D eigenvalue weighted by Crippen LogP contribution is 2.25. The standard InChI is InChI=1S/C28H31N5O/c1-20-5-8-23(9-6-20)19-32-16-13-22(14-17-32)10-12-27(34)24-11-7-21(2)26(18-24)33-28-25(30-31-33)4-3-15-29-28/h3-9,11,15,18,22H,10,12-14,16-17,19H2,1-2H3. The van der Waals surface area contributed by atoms with Crippen LogP contribution in [0.25, 0.3) is 16.9 Å². The van der Waals surface area contributed by atoms with E-state index in [4.69, 9.17) is 0 Å². The molecule has 34 heavy (non-hydrogen) atoms. The van der Waals surface area contributed by atoms with Gasteiger partial charge in [-0.25, -0.2) is 4.98 Å². The summed E-state index contributed by atoms with van der Waals surface area (Å²) in [5.41, 5.74) is 6.76. The van der Waals surface area contributed by atoms with E-state index in [1.165, 1.54) is 11.1 Å². The van der Waals surface area contributed by atoms with Gasteiger partial charge >= 0.3 is 0 Å². The third kappa shape index (κ3) is 4.92. The Balaban J connectivity index is 1.18. The first-order valence-corrected chi connectivity index (χ1v) is 12.2. The van der Waals surface area contributed by atoms with Gasteiger partial charge in [0.05, 0.1) is 5.69 Å². The van der Waals surface area contributed by atoms with Gasteiger partial charge in [0, 0.05) is 24.7 Å². The minimum absolute atomic E-state index is 0.195. The summed E-state index contributed by atoms with van der Waals surface area (Å²) in [5.74, 6) is 0.812. The summed E-state index contributed by atoms with van der Waals surface area (Å²) < 4.78 is 1.73. The van der Waals surface area contributed by atoms with Crippen molar-refractivity contribution >= 4 is 16.9 Å². The van der Waals surface area contributed by atoms with Crippen molar-refractivity contribution in [1.29, 1.82) is 0 Å². The number of ketones is 1. The Hall–Kier alpha value is -3.38. The lowest BCUT2D eigenvalue weighted by molar-refractivity contribution is 0.0961. The van der Waals surface area contributed by atoms with Gasteiger partial charge < -0.3 is 0 Å². The molecule has 0 atom stereocenters. The number of aryl methyl sites for hydroxylation is 2. The molecule has 3 heterocycles. The van der Waals surface area contributed by atoms with E-state index in [2.05, 4.69) is 51.4 Å². The lowest BCUT2D eigenvalue weighted by Crippen LogP contribution is -2.33. The molecule has 0 amide bonds. The number of hydrogen-bond acceptors (Lipinski definition) is 5. The van der Waals surface area contributed by atoms with Crippen LogP contribution in [0.5, 0.6) is 0 Å². The third-order valence-electron chi connectivity index (χ3n) is 6.98. The normalized spacial score (nSPS) is 15.1. The number of nitrogens with zero attached hydrogens (tertiary/aromatic N) is 5. The number of carbonyl (C=O) groups is 1. The van der Waals surface area contributed by atoms with E-state index in [1.807, 2.05) is 37.3 Å². The predicted molar refractivity (Wildman–Crippen MR) is 134 cm³/mol. The molecule has 2 aromatic carbocycles. The van der Waals surface area contributed by atoms with Crippen LogP contribution in [0.2, 0.25) is 0 Å². The number of likely N-dealkylation sites (tertiary alicyclic amines) is 1. The van der Waals surface area contributed by atoms with E-state index in [0.717, 1.165) is 61.2 Å². The van der Waals surface area contributed by atoms with E-state index in [-0.39, 0.29) is 5.78 Å². The maximum absolute atomic E-state index is 13.0. The molecule has 0 bridgehead atoms. The molecule has 174 valence electrons. The van der Waals surface area contributed by atoms with Crippen LogP contribution in [-0.4, -0.2) is 43.8 Å². The van der Waals surface area contributed by atoms with Crippen LogP contribution in [0.4, 0.5) is 0 Å². The Kier molecular flexibility index (Phi) is 6.50. The fraction of sp³-hybridized carbons (Fsp3) is 0.357. The van der Waals surface area contributed by atoms with Crippen molar-refractivity contribution in [3.05, 3.63) is 83.0 Å². The first-order chi connectivity index (χ1) is 16.6. The molecule has 1 saturated heterocycles.